The van der Waals surface area contributed by atoms with Crippen molar-refractivity contribution in [3.05, 3.63) is 36.4 Å². The summed E-state index contributed by atoms with van der Waals surface area (Å²) in [7, 11) is 0. The Balaban J connectivity index is 0. The largest absolute Gasteiger partial charge is 0.330 e. The van der Waals surface area contributed by atoms with Gasteiger partial charge in [-0.25, -0.2) is 10.5 Å². The molecule has 78 valence electrons. The molecule has 14 heavy (non-hydrogen) atoms. The van der Waals surface area contributed by atoms with Crippen molar-refractivity contribution in [1.29, 1.82) is 0 Å². The van der Waals surface area contributed by atoms with Gasteiger partial charge in [-0.3, -0.25) is 9.59 Å². The van der Waals surface area contributed by atoms with E-state index in [1.807, 2.05) is 36.4 Å². The van der Waals surface area contributed by atoms with Gasteiger partial charge in [-0.05, 0) is 0 Å². The van der Waals surface area contributed by atoms with Gasteiger partial charge in [-0.1, -0.05) is 36.4 Å². The van der Waals surface area contributed by atoms with Crippen LogP contribution in [0.1, 0.15) is 0 Å². The highest BCUT2D eigenvalue weighted by molar-refractivity contribution is 5.35. The Morgan fingerprint density at radius 3 is 0.929 bits per heavy atom. The molecular weight excluding hydrogens is 192 g/mol. The van der Waals surface area contributed by atoms with Crippen LogP contribution in [-0.4, -0.2) is 23.5 Å². The minimum absolute atomic E-state index is 0.0694. The number of rotatable bonds is 2. The average molecular weight is 202 g/mol. The van der Waals surface area contributed by atoms with Crippen LogP contribution in [0.5, 0.6) is 0 Å². The Kier molecular flexibility index (Phi) is 18.0. The van der Waals surface area contributed by atoms with Crippen LogP contribution in [0, 0.1) is 0 Å². The topological polar surface area (TPSA) is 93.1 Å². The molecule has 0 saturated heterocycles. The van der Waals surface area contributed by atoms with Crippen molar-refractivity contribution >= 4 is 12.9 Å². The second-order valence-electron chi connectivity index (χ2n) is 1.56. The first-order valence-corrected chi connectivity index (χ1v) is 3.31. The van der Waals surface area contributed by atoms with Crippen molar-refractivity contribution in [3.63, 3.8) is 0 Å². The summed E-state index contributed by atoms with van der Waals surface area (Å²) in [6.07, 6.45) is 0. The molecule has 0 heterocycles. The van der Waals surface area contributed by atoms with Gasteiger partial charge >= 0.3 is 12.9 Å². The smallest absolute Gasteiger partial charge is 0.304 e. The minimum Gasteiger partial charge on any atom is -0.304 e. The summed E-state index contributed by atoms with van der Waals surface area (Å²) in [4.78, 5) is 23.1. The van der Waals surface area contributed by atoms with Gasteiger partial charge in [0.1, 0.15) is 0 Å². The summed E-state index contributed by atoms with van der Waals surface area (Å²) in [5.74, 6) is 0. The van der Waals surface area contributed by atoms with Crippen molar-refractivity contribution in [3.8, 4) is 0 Å². The number of carbonyl (C=O) groups is 2. The van der Waals surface area contributed by atoms with Gasteiger partial charge in [-0.15, -0.1) is 0 Å². The lowest BCUT2D eigenvalue weighted by atomic mass is 10.4. The molecule has 0 unspecified atom stereocenters. The number of hydrogen-bond donors (Lipinski definition) is 2. The Bertz CT molecular complexity index is 166. The van der Waals surface area contributed by atoms with Crippen LogP contribution in [0.25, 0.3) is 0 Å². The third kappa shape index (κ3) is 22.5. The summed E-state index contributed by atoms with van der Waals surface area (Å²) in [6.45, 7) is -0.139. The zero-order valence-electron chi connectivity index (χ0n) is 7.15. The zero-order chi connectivity index (χ0) is 11.1. The van der Waals surface area contributed by atoms with Gasteiger partial charge in [-0.2, -0.15) is 0 Å². The Hall–Kier alpha value is -1.92. The lowest BCUT2D eigenvalue weighted by Gasteiger charge is -1.69. The molecule has 0 spiro atoms. The lowest BCUT2D eigenvalue weighted by Crippen LogP contribution is -1.69. The Morgan fingerprint density at radius 1 is 0.714 bits per heavy atom. The number of benzene rings is 1. The molecule has 0 radical (unpaired) electrons. The molecule has 6 heteroatoms. The molecule has 0 bridgehead atoms. The third-order valence-electron chi connectivity index (χ3n) is 0.753. The molecule has 6 nitrogen and oxygen atoms in total. The van der Waals surface area contributed by atoms with Gasteiger partial charge in [0.05, 0.1) is 0 Å². The molecule has 2 N–H and O–H groups in total. The second-order valence-corrected chi connectivity index (χ2v) is 1.56. The molecule has 0 aliphatic carbocycles. The normalized spacial score (nSPS) is 6.43. The fraction of sp³-hybridized carbons (Fsp3) is 0. The highest BCUT2D eigenvalue weighted by Gasteiger charge is 1.57. The van der Waals surface area contributed by atoms with Crippen LogP contribution in [0.15, 0.2) is 36.4 Å². The average Bonchev–Trinajstić information content (AvgIpc) is 2.32. The SMILES string of the molecule is O=COO.O=COO.c1ccccc1. The Labute approximate surface area is 80.2 Å². The van der Waals surface area contributed by atoms with Gasteiger partial charge < -0.3 is 9.78 Å². The highest BCUT2D eigenvalue weighted by Crippen LogP contribution is 1.79. The van der Waals surface area contributed by atoms with E-state index < -0.39 is 0 Å². The second kappa shape index (κ2) is 17.2. The van der Waals surface area contributed by atoms with Gasteiger partial charge in [0.15, 0.2) is 0 Å². The van der Waals surface area contributed by atoms with E-state index in [-0.39, 0.29) is 12.9 Å². The zero-order valence-corrected chi connectivity index (χ0v) is 7.15. The predicted molar refractivity (Wildman–Crippen MR) is 46.0 cm³/mol. The quantitative estimate of drug-likeness (QED) is 0.421. The molecule has 1 aromatic carbocycles. The summed E-state index contributed by atoms with van der Waals surface area (Å²) in [5.41, 5.74) is 0. The van der Waals surface area contributed by atoms with E-state index in [0.29, 0.717) is 0 Å². The molecule has 0 fully saturated rings. The predicted octanol–water partition coefficient (Wildman–Crippen LogP) is 0.951. The van der Waals surface area contributed by atoms with Crippen LogP contribution < -0.4 is 0 Å². The fourth-order valence-electron chi connectivity index (χ4n) is 0.385. The summed E-state index contributed by atoms with van der Waals surface area (Å²) < 4.78 is 0. The molecular formula is C8H10O6. The maximum atomic E-state index is 8.70. The van der Waals surface area contributed by atoms with Crippen molar-refractivity contribution < 1.29 is 29.9 Å². The van der Waals surface area contributed by atoms with Crippen LogP contribution in [0.3, 0.4) is 0 Å². The fourth-order valence-corrected chi connectivity index (χ4v) is 0.385. The van der Waals surface area contributed by atoms with E-state index in [1.165, 1.54) is 0 Å². The Morgan fingerprint density at radius 2 is 0.857 bits per heavy atom. The summed E-state index contributed by atoms with van der Waals surface area (Å²) >= 11 is 0. The van der Waals surface area contributed by atoms with Crippen LogP contribution in [0.4, 0.5) is 0 Å². The maximum absolute atomic E-state index is 8.70. The first-order valence-electron chi connectivity index (χ1n) is 3.31. The van der Waals surface area contributed by atoms with E-state index in [2.05, 4.69) is 9.78 Å². The van der Waals surface area contributed by atoms with Crippen LogP contribution in [-0.2, 0) is 19.4 Å². The lowest BCUT2D eigenvalue weighted by molar-refractivity contribution is -0.217. The van der Waals surface area contributed by atoms with E-state index in [4.69, 9.17) is 20.1 Å². The number of carbonyl (C=O) groups excluding carboxylic acids is 2. The van der Waals surface area contributed by atoms with Crippen LogP contribution >= 0.6 is 0 Å². The molecule has 0 saturated carbocycles. The van der Waals surface area contributed by atoms with E-state index in [9.17, 15) is 0 Å². The minimum atomic E-state index is -0.0694. The highest BCUT2D eigenvalue weighted by atomic mass is 17.1. The molecule has 0 aliphatic heterocycles. The molecule has 0 amide bonds. The van der Waals surface area contributed by atoms with Crippen LogP contribution in [0.2, 0.25) is 0 Å². The van der Waals surface area contributed by atoms with Crippen molar-refractivity contribution in [1.82, 2.24) is 0 Å². The van der Waals surface area contributed by atoms with E-state index in [1.54, 1.807) is 0 Å². The summed E-state index contributed by atoms with van der Waals surface area (Å²) in [5, 5.41) is 14.0. The molecule has 0 aliphatic rings. The first-order chi connectivity index (χ1) is 6.83. The van der Waals surface area contributed by atoms with Crippen molar-refractivity contribution in [2.75, 3.05) is 0 Å². The molecule has 0 atom stereocenters. The van der Waals surface area contributed by atoms with Crippen molar-refractivity contribution in [2.24, 2.45) is 0 Å². The molecule has 1 rings (SSSR count). The van der Waals surface area contributed by atoms with E-state index >= 15 is 0 Å². The maximum Gasteiger partial charge on any atom is 0.330 e. The van der Waals surface area contributed by atoms with Gasteiger partial charge in [0.2, 0.25) is 0 Å². The van der Waals surface area contributed by atoms with Gasteiger partial charge in [0, 0.05) is 0 Å². The standard InChI is InChI=1S/C6H6.2CH2O3/c1-2-4-6-5-3-1;2*2-1-4-3/h1-6H;2*1,3H. The van der Waals surface area contributed by atoms with E-state index in [0.717, 1.165) is 0 Å². The third-order valence-corrected chi connectivity index (χ3v) is 0.753. The summed E-state index contributed by atoms with van der Waals surface area (Å²) in [6, 6.07) is 12.0. The molecule has 1 aromatic rings. The van der Waals surface area contributed by atoms with Crippen molar-refractivity contribution in [2.45, 2.75) is 0 Å². The molecule has 0 aromatic heterocycles. The first kappa shape index (κ1) is 14.6. The van der Waals surface area contributed by atoms with Gasteiger partial charge in [0.25, 0.3) is 0 Å². The monoisotopic (exact) mass is 202 g/mol. The number of hydrogen-bond acceptors (Lipinski definition) is 6.